The van der Waals surface area contributed by atoms with Crippen molar-refractivity contribution in [2.24, 2.45) is 0 Å². The summed E-state index contributed by atoms with van der Waals surface area (Å²) in [6.45, 7) is 0. The first kappa shape index (κ1) is 25.5. The van der Waals surface area contributed by atoms with E-state index < -0.39 is 0 Å². The highest BCUT2D eigenvalue weighted by molar-refractivity contribution is 8.00. The smallest absolute Gasteiger partial charge is 0.0540 e. The van der Waals surface area contributed by atoms with Crippen LogP contribution in [0.3, 0.4) is 0 Å². The molecule has 45 heavy (non-hydrogen) atoms. The Balaban J connectivity index is 1.07. The largest absolute Gasteiger partial charge is 0.310 e. The fraction of sp³-hybridized carbons (Fsp3) is 0.0476. The molecule has 0 fully saturated rings. The van der Waals surface area contributed by atoms with Gasteiger partial charge in [0.05, 0.1) is 11.0 Å². The van der Waals surface area contributed by atoms with E-state index in [1.165, 1.54) is 80.4 Å². The van der Waals surface area contributed by atoms with Crippen molar-refractivity contribution >= 4 is 70.8 Å². The minimum atomic E-state index is 0.357. The summed E-state index contributed by atoms with van der Waals surface area (Å²) in [7, 11) is 0. The Morgan fingerprint density at radius 1 is 0.533 bits per heavy atom. The van der Waals surface area contributed by atoms with Gasteiger partial charge in [-0.25, -0.2) is 0 Å². The van der Waals surface area contributed by atoms with Crippen LogP contribution in [0, 0.1) is 0 Å². The molecule has 10 rings (SSSR count). The molecule has 0 spiro atoms. The molecule has 3 heterocycles. The Kier molecular flexibility index (Phi) is 5.57. The summed E-state index contributed by atoms with van der Waals surface area (Å²) in [5.41, 5.74) is 10.3. The van der Waals surface area contributed by atoms with Crippen molar-refractivity contribution in [1.29, 1.82) is 0 Å². The Bertz CT molecular complexity index is 2470. The van der Waals surface area contributed by atoms with Gasteiger partial charge in [0.15, 0.2) is 0 Å². The molecule has 1 nitrogen and oxygen atoms in total. The highest BCUT2D eigenvalue weighted by Gasteiger charge is 2.35. The van der Waals surface area contributed by atoms with Gasteiger partial charge in [-0.05, 0) is 64.2 Å². The lowest BCUT2D eigenvalue weighted by Crippen LogP contribution is -2.11. The number of fused-ring (bicyclic) bond motifs is 10. The Hall–Kier alpha value is -4.83. The first-order valence-electron chi connectivity index (χ1n) is 15.5. The van der Waals surface area contributed by atoms with Gasteiger partial charge in [-0.2, -0.15) is 0 Å². The molecular formula is C42H27NS2. The topological polar surface area (TPSA) is 4.93 Å². The number of aromatic nitrogens is 1. The van der Waals surface area contributed by atoms with Crippen LogP contribution in [-0.2, 0) is 0 Å². The van der Waals surface area contributed by atoms with Crippen LogP contribution in [-0.4, -0.2) is 9.82 Å². The molecular weight excluding hydrogens is 583 g/mol. The number of thiophene rings is 1. The average molecular weight is 610 g/mol. The summed E-state index contributed by atoms with van der Waals surface area (Å²) in [5.74, 6) is 0.357. The molecule has 2 aliphatic rings. The van der Waals surface area contributed by atoms with E-state index in [2.05, 4.69) is 156 Å². The summed E-state index contributed by atoms with van der Waals surface area (Å²) in [6, 6.07) is 49.0. The Morgan fingerprint density at radius 2 is 1.22 bits per heavy atom. The van der Waals surface area contributed by atoms with Gasteiger partial charge in [-0.1, -0.05) is 115 Å². The zero-order valence-corrected chi connectivity index (χ0v) is 26.0. The first-order chi connectivity index (χ1) is 22.3. The monoisotopic (exact) mass is 609 g/mol. The average Bonchev–Trinajstić information content (AvgIpc) is 3.78. The third-order valence-electron chi connectivity index (χ3n) is 9.54. The van der Waals surface area contributed by atoms with Gasteiger partial charge < -0.3 is 4.57 Å². The third kappa shape index (κ3) is 3.88. The van der Waals surface area contributed by atoms with E-state index in [9.17, 15) is 0 Å². The summed E-state index contributed by atoms with van der Waals surface area (Å²) in [6.07, 6.45) is 7.29. The van der Waals surface area contributed by atoms with Crippen molar-refractivity contribution < 1.29 is 0 Å². The van der Waals surface area contributed by atoms with Crippen molar-refractivity contribution in [3.05, 3.63) is 157 Å². The molecule has 3 heteroatoms. The molecule has 0 saturated carbocycles. The number of para-hydroxylation sites is 2. The molecule has 2 unspecified atom stereocenters. The van der Waals surface area contributed by atoms with Gasteiger partial charge >= 0.3 is 0 Å². The number of hydrogen-bond donors (Lipinski definition) is 0. The molecule has 1 aliphatic carbocycles. The van der Waals surface area contributed by atoms with E-state index in [4.69, 9.17) is 0 Å². The number of allylic oxidation sites excluding steroid dienone is 3. The number of nitrogens with zero attached hydrogens (tertiary/aromatic N) is 1. The van der Waals surface area contributed by atoms with E-state index in [-0.39, 0.29) is 0 Å². The molecule has 8 aromatic rings. The summed E-state index contributed by atoms with van der Waals surface area (Å²) in [4.78, 5) is 1.46. The van der Waals surface area contributed by atoms with E-state index in [0.29, 0.717) is 11.2 Å². The molecule has 2 atom stereocenters. The van der Waals surface area contributed by atoms with Gasteiger partial charge in [-0.3, -0.25) is 0 Å². The van der Waals surface area contributed by atoms with Gasteiger partial charge in [0.2, 0.25) is 0 Å². The van der Waals surface area contributed by atoms with Gasteiger partial charge in [0, 0.05) is 52.7 Å². The molecule has 0 bridgehead atoms. The van der Waals surface area contributed by atoms with Crippen molar-refractivity contribution in [1.82, 2.24) is 4.57 Å². The zero-order chi connectivity index (χ0) is 29.5. The van der Waals surface area contributed by atoms with Crippen molar-refractivity contribution in [2.45, 2.75) is 16.1 Å². The van der Waals surface area contributed by atoms with Crippen molar-refractivity contribution in [3.8, 4) is 22.3 Å². The number of rotatable bonds is 3. The first-order valence-corrected chi connectivity index (χ1v) is 17.2. The predicted octanol–water partition coefficient (Wildman–Crippen LogP) is 12.2. The van der Waals surface area contributed by atoms with Gasteiger partial charge in [0.1, 0.15) is 0 Å². The fourth-order valence-corrected chi connectivity index (χ4v) is 10.2. The number of thioether (sulfide) groups is 1. The van der Waals surface area contributed by atoms with Crippen LogP contribution in [0.15, 0.2) is 157 Å². The van der Waals surface area contributed by atoms with Crippen LogP contribution in [0.25, 0.3) is 69.9 Å². The highest BCUT2D eigenvalue weighted by Crippen LogP contribution is 2.54. The maximum Gasteiger partial charge on any atom is 0.0540 e. The van der Waals surface area contributed by atoms with Crippen molar-refractivity contribution in [2.75, 3.05) is 0 Å². The van der Waals surface area contributed by atoms with Crippen LogP contribution in [0.5, 0.6) is 0 Å². The molecule has 1 aliphatic heterocycles. The zero-order valence-electron chi connectivity index (χ0n) is 24.4. The lowest BCUT2D eigenvalue weighted by atomic mass is 9.90. The van der Waals surface area contributed by atoms with Crippen LogP contribution in [0.2, 0.25) is 0 Å². The van der Waals surface area contributed by atoms with E-state index in [0.717, 1.165) is 0 Å². The van der Waals surface area contributed by atoms with E-state index >= 15 is 0 Å². The molecule has 0 radical (unpaired) electrons. The Morgan fingerprint density at radius 3 is 2.02 bits per heavy atom. The van der Waals surface area contributed by atoms with Gasteiger partial charge in [-0.15, -0.1) is 23.1 Å². The lowest BCUT2D eigenvalue weighted by molar-refractivity contribution is 0.878. The van der Waals surface area contributed by atoms with Crippen molar-refractivity contribution in [3.63, 3.8) is 0 Å². The third-order valence-corrected chi connectivity index (χ3v) is 12.3. The maximum atomic E-state index is 2.51. The minimum Gasteiger partial charge on any atom is -0.310 e. The van der Waals surface area contributed by atoms with Crippen LogP contribution < -0.4 is 0 Å². The second-order valence-electron chi connectivity index (χ2n) is 12.0. The Labute approximate surface area is 269 Å². The maximum absolute atomic E-state index is 2.51. The van der Waals surface area contributed by atoms with Crippen LogP contribution in [0.4, 0.5) is 0 Å². The van der Waals surface area contributed by atoms with E-state index in [1.54, 1.807) is 0 Å². The minimum absolute atomic E-state index is 0.357. The highest BCUT2D eigenvalue weighted by atomic mass is 32.2. The molecule has 0 saturated heterocycles. The predicted molar refractivity (Wildman–Crippen MR) is 195 cm³/mol. The molecule has 6 aromatic carbocycles. The molecule has 0 amide bonds. The van der Waals surface area contributed by atoms with Crippen LogP contribution in [0.1, 0.15) is 11.5 Å². The number of benzene rings is 6. The second kappa shape index (κ2) is 9.84. The second-order valence-corrected chi connectivity index (χ2v) is 14.3. The fourth-order valence-electron chi connectivity index (χ4n) is 7.42. The molecule has 212 valence electrons. The quantitative estimate of drug-likeness (QED) is 0.193. The molecule has 2 aromatic heterocycles. The summed E-state index contributed by atoms with van der Waals surface area (Å²) in [5, 5.41) is 5.76. The molecule has 0 N–H and O–H groups in total. The summed E-state index contributed by atoms with van der Waals surface area (Å²) < 4.78 is 5.23. The summed E-state index contributed by atoms with van der Waals surface area (Å²) >= 11 is 3.99. The van der Waals surface area contributed by atoms with E-state index in [1.807, 2.05) is 23.1 Å². The standard InChI is InChI=1S/C42H27NS2/c1-2-9-26(10-3-1)27-11-8-12-28(23-27)29-17-21-39-35(24-29)33-19-20-34-36-25-30(18-22-40(36)45-42(34)41(33)44-39)43-37-15-6-4-13-31(37)32-14-5-7-16-38(32)43/h1-25,36,40H. The van der Waals surface area contributed by atoms with Gasteiger partial charge in [0.25, 0.3) is 0 Å². The van der Waals surface area contributed by atoms with Crippen LogP contribution >= 0.6 is 23.1 Å². The normalized spacial score (nSPS) is 17.3. The number of hydrogen-bond acceptors (Lipinski definition) is 2. The SMILES string of the molecule is C1=CC2Sc3c(ccc4c3sc3ccc(-c5cccc(-c6ccccc6)c5)cc34)C2C=C1n1c2ccccc2c2ccccc21. The lowest BCUT2D eigenvalue weighted by Gasteiger charge is -2.20.